The smallest absolute Gasteiger partial charge is 0.244 e. The third kappa shape index (κ3) is 3.74. The van der Waals surface area contributed by atoms with Gasteiger partial charge in [0.05, 0.1) is 18.0 Å². The van der Waals surface area contributed by atoms with E-state index in [4.69, 9.17) is 4.74 Å². The molecular weight excluding hydrogens is 364 g/mol. The molecule has 1 N–H and O–H groups in total. The quantitative estimate of drug-likeness (QED) is 0.734. The van der Waals surface area contributed by atoms with Crippen molar-refractivity contribution in [2.45, 2.75) is 31.1 Å². The van der Waals surface area contributed by atoms with Crippen molar-refractivity contribution in [3.63, 3.8) is 0 Å². The maximum atomic E-state index is 12.3. The topological polar surface area (TPSA) is 59.4 Å². The number of amides is 1. The molecule has 3 saturated heterocycles. The number of nitrogens with one attached hydrogen (secondary N) is 1. The van der Waals surface area contributed by atoms with Crippen LogP contribution in [0.1, 0.15) is 18.4 Å². The molecule has 1 aromatic carbocycles. The molecule has 4 atom stereocenters. The molecule has 3 aliphatic heterocycles. The van der Waals surface area contributed by atoms with Crippen LogP contribution in [0, 0.1) is 11.8 Å². The van der Waals surface area contributed by atoms with Crippen LogP contribution in [0.2, 0.25) is 0 Å². The molecule has 1 spiro atoms. The molecule has 29 heavy (non-hydrogen) atoms. The molecule has 6 heteroatoms. The summed E-state index contributed by atoms with van der Waals surface area (Å²) in [6.07, 6.45) is 11.8. The molecule has 4 heterocycles. The van der Waals surface area contributed by atoms with Gasteiger partial charge in [-0.25, -0.2) is 4.98 Å². The Morgan fingerprint density at radius 2 is 2.21 bits per heavy atom. The largest absolute Gasteiger partial charge is 0.370 e. The molecule has 0 saturated carbocycles. The molecule has 0 aliphatic carbocycles. The Labute approximate surface area is 171 Å². The third-order valence-corrected chi connectivity index (χ3v) is 6.83. The van der Waals surface area contributed by atoms with Gasteiger partial charge in [0, 0.05) is 63.0 Å². The van der Waals surface area contributed by atoms with Gasteiger partial charge in [-0.05, 0) is 24.5 Å². The number of fused-ring (bicyclic) bond motifs is 1. The van der Waals surface area contributed by atoms with Crippen LogP contribution in [0.15, 0.2) is 55.1 Å². The van der Waals surface area contributed by atoms with Gasteiger partial charge in [0.2, 0.25) is 5.91 Å². The lowest BCUT2D eigenvalue weighted by Gasteiger charge is -2.29. The van der Waals surface area contributed by atoms with Gasteiger partial charge < -0.3 is 14.6 Å². The maximum Gasteiger partial charge on any atom is 0.244 e. The van der Waals surface area contributed by atoms with Gasteiger partial charge in [0.1, 0.15) is 0 Å². The molecule has 3 aliphatic rings. The summed E-state index contributed by atoms with van der Waals surface area (Å²) in [5.41, 5.74) is 1.05. The van der Waals surface area contributed by atoms with Gasteiger partial charge in [0.25, 0.3) is 0 Å². The fraction of sp³-hybridized carbons (Fsp3) is 0.478. The lowest BCUT2D eigenvalue weighted by Crippen LogP contribution is -2.41. The van der Waals surface area contributed by atoms with E-state index in [1.807, 2.05) is 55.1 Å². The minimum absolute atomic E-state index is 0.00881. The summed E-state index contributed by atoms with van der Waals surface area (Å²) in [5, 5.41) is 3.12. The number of hydrogen-bond acceptors (Lipinski definition) is 4. The summed E-state index contributed by atoms with van der Waals surface area (Å²) in [5.74, 6) is 0.902. The first-order valence-electron chi connectivity index (χ1n) is 10.6. The summed E-state index contributed by atoms with van der Waals surface area (Å²) in [4.78, 5) is 19.0. The highest BCUT2D eigenvalue weighted by atomic mass is 16.5. The first-order chi connectivity index (χ1) is 14.2. The number of nitrogens with zero attached hydrogens (tertiary/aromatic N) is 3. The minimum atomic E-state index is -0.0272. The number of benzene rings is 1. The number of ether oxygens (including phenoxy) is 1. The van der Waals surface area contributed by atoms with E-state index in [-0.39, 0.29) is 11.5 Å². The van der Waals surface area contributed by atoms with Crippen LogP contribution in [0.5, 0.6) is 0 Å². The average molecular weight is 393 g/mol. The molecule has 3 fully saturated rings. The van der Waals surface area contributed by atoms with Gasteiger partial charge in [0.15, 0.2) is 0 Å². The molecule has 2 aromatic rings. The normalized spacial score (nSPS) is 30.8. The predicted molar refractivity (Wildman–Crippen MR) is 111 cm³/mol. The summed E-state index contributed by atoms with van der Waals surface area (Å²) >= 11 is 0. The van der Waals surface area contributed by atoms with E-state index in [2.05, 4.69) is 19.8 Å². The second-order valence-corrected chi connectivity index (χ2v) is 8.55. The van der Waals surface area contributed by atoms with Crippen molar-refractivity contribution >= 4 is 12.0 Å². The molecule has 0 radical (unpaired) electrons. The lowest BCUT2D eigenvalue weighted by molar-refractivity contribution is -0.116. The van der Waals surface area contributed by atoms with Gasteiger partial charge in [-0.2, -0.15) is 0 Å². The van der Waals surface area contributed by atoms with Crippen LogP contribution in [-0.2, 0) is 16.1 Å². The van der Waals surface area contributed by atoms with Gasteiger partial charge in [-0.15, -0.1) is 0 Å². The van der Waals surface area contributed by atoms with Crippen molar-refractivity contribution in [1.29, 1.82) is 0 Å². The third-order valence-electron chi connectivity index (χ3n) is 6.83. The summed E-state index contributed by atoms with van der Waals surface area (Å²) in [6.45, 7) is 4.75. The zero-order valence-corrected chi connectivity index (χ0v) is 16.6. The van der Waals surface area contributed by atoms with E-state index in [9.17, 15) is 4.79 Å². The van der Waals surface area contributed by atoms with Gasteiger partial charge in [-0.1, -0.05) is 30.3 Å². The van der Waals surface area contributed by atoms with Crippen molar-refractivity contribution in [2.24, 2.45) is 11.8 Å². The molecule has 5 rings (SSSR count). The predicted octanol–water partition coefficient (Wildman–Crippen LogP) is 2.19. The fourth-order valence-electron chi connectivity index (χ4n) is 5.42. The Bertz CT molecular complexity index is 866. The maximum absolute atomic E-state index is 12.3. The second kappa shape index (κ2) is 7.76. The van der Waals surface area contributed by atoms with Crippen LogP contribution in [0.3, 0.4) is 0 Å². The number of hydrogen-bond donors (Lipinski definition) is 1. The molecule has 0 unspecified atom stereocenters. The van der Waals surface area contributed by atoms with E-state index in [1.165, 1.54) is 0 Å². The minimum Gasteiger partial charge on any atom is -0.370 e. The summed E-state index contributed by atoms with van der Waals surface area (Å²) < 4.78 is 8.62. The molecule has 152 valence electrons. The highest BCUT2D eigenvalue weighted by Gasteiger charge is 2.62. The number of imidazole rings is 1. The lowest BCUT2D eigenvalue weighted by atomic mass is 9.73. The fourth-order valence-corrected chi connectivity index (χ4v) is 5.42. The molecule has 6 nitrogen and oxygen atoms in total. The van der Waals surface area contributed by atoms with Crippen LogP contribution in [0.25, 0.3) is 6.08 Å². The van der Waals surface area contributed by atoms with E-state index >= 15 is 0 Å². The highest BCUT2D eigenvalue weighted by Crippen LogP contribution is 2.54. The zero-order valence-electron chi connectivity index (χ0n) is 16.6. The highest BCUT2D eigenvalue weighted by molar-refractivity contribution is 5.91. The Hall–Kier alpha value is -2.44. The van der Waals surface area contributed by atoms with E-state index < -0.39 is 0 Å². The van der Waals surface area contributed by atoms with Crippen molar-refractivity contribution in [2.75, 3.05) is 26.2 Å². The number of carbonyl (C=O) groups is 1. The zero-order chi connectivity index (χ0) is 19.7. The SMILES string of the molecule is O=C(/C=C/c1ccccc1)NC[C@H]1[C@H]2CN(CCn3ccnc3)C[C@]23CC[C@H]1O3. The second-order valence-electron chi connectivity index (χ2n) is 8.55. The van der Waals surface area contributed by atoms with Gasteiger partial charge >= 0.3 is 0 Å². The first kappa shape index (κ1) is 18.6. The summed E-state index contributed by atoms with van der Waals surface area (Å²) in [7, 11) is 0. The van der Waals surface area contributed by atoms with Gasteiger partial charge in [-0.3, -0.25) is 9.69 Å². The molecule has 1 amide bonds. The van der Waals surface area contributed by atoms with Crippen molar-refractivity contribution in [3.05, 3.63) is 60.7 Å². The number of rotatable bonds is 7. The number of aromatic nitrogens is 2. The molecule has 2 bridgehead atoms. The van der Waals surface area contributed by atoms with Crippen molar-refractivity contribution < 1.29 is 9.53 Å². The van der Waals surface area contributed by atoms with Crippen LogP contribution in [-0.4, -0.2) is 58.2 Å². The van der Waals surface area contributed by atoms with Crippen LogP contribution in [0.4, 0.5) is 0 Å². The van der Waals surface area contributed by atoms with Crippen molar-refractivity contribution in [1.82, 2.24) is 19.8 Å². The number of likely N-dealkylation sites (tertiary alicyclic amines) is 1. The van der Waals surface area contributed by atoms with E-state index in [0.29, 0.717) is 24.5 Å². The Kier molecular flexibility index (Phi) is 4.97. The van der Waals surface area contributed by atoms with E-state index in [1.54, 1.807) is 6.08 Å². The van der Waals surface area contributed by atoms with E-state index in [0.717, 1.165) is 44.6 Å². The summed E-state index contributed by atoms with van der Waals surface area (Å²) in [6, 6.07) is 9.91. The number of carbonyl (C=O) groups excluding carboxylic acids is 1. The van der Waals surface area contributed by atoms with Crippen molar-refractivity contribution in [3.8, 4) is 0 Å². The average Bonchev–Trinajstić information content (AvgIpc) is 3.51. The van der Waals surface area contributed by atoms with Crippen LogP contribution < -0.4 is 5.32 Å². The van der Waals surface area contributed by atoms with Crippen LogP contribution >= 0.6 is 0 Å². The Morgan fingerprint density at radius 1 is 1.31 bits per heavy atom. The molecule has 1 aromatic heterocycles. The Balaban J connectivity index is 1.16. The first-order valence-corrected chi connectivity index (χ1v) is 10.6. The molecular formula is C23H28N4O2. The Morgan fingerprint density at radius 3 is 3.03 bits per heavy atom. The standard InChI is InChI=1S/C23H28N4O2/c28-22(7-6-18-4-2-1-3-5-18)25-14-19-20-15-27(13-12-26-11-10-24-17-26)16-23(20)9-8-21(19)29-23/h1-7,10-11,17,19-21H,8-9,12-16H2,(H,25,28)/b7-6+/t19-,20+,21+,23+/m0/s1. The monoisotopic (exact) mass is 392 g/mol.